The van der Waals surface area contributed by atoms with Gasteiger partial charge in [0.1, 0.15) is 6.29 Å². The highest BCUT2D eigenvalue weighted by Gasteiger charge is 2.10. The van der Waals surface area contributed by atoms with Gasteiger partial charge < -0.3 is 9.47 Å². The second-order valence-corrected chi connectivity index (χ2v) is 4.66. The average Bonchev–Trinajstić information content (AvgIpc) is 2.42. The van der Waals surface area contributed by atoms with Crippen LogP contribution in [0.5, 0.6) is 11.5 Å². The molecule has 0 saturated carbocycles. The van der Waals surface area contributed by atoms with E-state index in [0.29, 0.717) is 28.4 Å². The summed E-state index contributed by atoms with van der Waals surface area (Å²) in [5.41, 5.74) is 1.02. The summed E-state index contributed by atoms with van der Waals surface area (Å²) >= 11 is 1.13. The van der Waals surface area contributed by atoms with Crippen molar-refractivity contribution in [3.05, 3.63) is 23.3 Å². The number of aldehydes is 1. The maximum Gasteiger partial charge on any atom is 0.186 e. The third-order valence-corrected chi connectivity index (χ3v) is 2.90. The van der Waals surface area contributed by atoms with Crippen LogP contribution < -0.4 is 9.47 Å². The Hall–Kier alpha value is -1.93. The molecule has 0 bridgehead atoms. The number of hydrogen-bond acceptors (Lipinski definition) is 5. The molecule has 0 fully saturated rings. The molecule has 0 spiro atoms. The summed E-state index contributed by atoms with van der Waals surface area (Å²) in [4.78, 5) is 21.6. The fourth-order valence-corrected chi connectivity index (χ4v) is 1.76. The summed E-state index contributed by atoms with van der Waals surface area (Å²) in [7, 11) is 3.00. The van der Waals surface area contributed by atoms with Crippen LogP contribution in [0.4, 0.5) is 0 Å². The Balaban J connectivity index is 3.09. The number of carbonyl (C=O) groups is 2. The molecule has 0 N–H and O–H groups in total. The average molecular weight is 278 g/mol. The molecule has 0 atom stereocenters. The van der Waals surface area contributed by atoms with Crippen LogP contribution in [0.25, 0.3) is 0 Å². The Labute approximate surface area is 116 Å². The number of rotatable bonds is 4. The normalized spacial score (nSPS) is 9.21. The lowest BCUT2D eigenvalue weighted by Gasteiger charge is -2.10. The van der Waals surface area contributed by atoms with E-state index >= 15 is 0 Å². The van der Waals surface area contributed by atoms with E-state index in [0.717, 1.165) is 18.0 Å². The minimum absolute atomic E-state index is 0.0143. The van der Waals surface area contributed by atoms with Crippen molar-refractivity contribution < 1.29 is 19.1 Å². The summed E-state index contributed by atoms with van der Waals surface area (Å²) in [5.74, 6) is 7.06. The SMILES string of the molecule is COc1cc(C=O)cc(C#CCSC(C)=O)c1OC. The van der Waals surface area contributed by atoms with Gasteiger partial charge in [-0.05, 0) is 12.1 Å². The molecule has 0 heterocycles. The number of benzene rings is 1. The summed E-state index contributed by atoms with van der Waals surface area (Å²) < 4.78 is 10.4. The first-order chi connectivity index (χ1) is 9.12. The Bertz CT molecular complexity index is 540. The van der Waals surface area contributed by atoms with Gasteiger partial charge in [0.15, 0.2) is 16.6 Å². The predicted molar refractivity (Wildman–Crippen MR) is 75.0 cm³/mol. The minimum atomic E-state index is 0.0143. The molecule has 0 radical (unpaired) electrons. The lowest BCUT2D eigenvalue weighted by molar-refractivity contribution is -0.109. The summed E-state index contributed by atoms with van der Waals surface area (Å²) in [6.07, 6.45) is 0.720. The van der Waals surface area contributed by atoms with Crippen LogP contribution in [-0.2, 0) is 4.79 Å². The molecule has 0 saturated heterocycles. The highest BCUT2D eigenvalue weighted by molar-refractivity contribution is 8.13. The van der Waals surface area contributed by atoms with E-state index in [9.17, 15) is 9.59 Å². The highest BCUT2D eigenvalue weighted by Crippen LogP contribution is 2.31. The van der Waals surface area contributed by atoms with E-state index in [1.807, 2.05) is 0 Å². The summed E-state index contributed by atoms with van der Waals surface area (Å²) in [5, 5.41) is 0.0143. The quantitative estimate of drug-likeness (QED) is 0.624. The van der Waals surface area contributed by atoms with Gasteiger partial charge in [0.2, 0.25) is 0 Å². The lowest BCUT2D eigenvalue weighted by Crippen LogP contribution is -1.96. The highest BCUT2D eigenvalue weighted by atomic mass is 32.2. The maximum absolute atomic E-state index is 10.9. The summed E-state index contributed by atoms with van der Waals surface area (Å²) in [6.45, 7) is 1.49. The molecular weight excluding hydrogens is 264 g/mol. The van der Waals surface area contributed by atoms with Crippen LogP contribution >= 0.6 is 11.8 Å². The zero-order chi connectivity index (χ0) is 14.3. The van der Waals surface area contributed by atoms with Crippen molar-refractivity contribution in [3.63, 3.8) is 0 Å². The van der Waals surface area contributed by atoms with E-state index in [1.165, 1.54) is 21.1 Å². The van der Waals surface area contributed by atoms with Gasteiger partial charge in [0.05, 0.1) is 25.5 Å². The lowest BCUT2D eigenvalue weighted by atomic mass is 10.1. The van der Waals surface area contributed by atoms with Crippen molar-refractivity contribution in [2.24, 2.45) is 0 Å². The molecule has 0 amide bonds. The largest absolute Gasteiger partial charge is 0.493 e. The zero-order valence-corrected chi connectivity index (χ0v) is 11.8. The number of ether oxygens (including phenoxy) is 2. The van der Waals surface area contributed by atoms with E-state index in [4.69, 9.17) is 9.47 Å². The first kappa shape index (κ1) is 15.1. The molecule has 0 aliphatic carbocycles. The van der Waals surface area contributed by atoms with Gasteiger partial charge in [-0.1, -0.05) is 23.6 Å². The van der Waals surface area contributed by atoms with Gasteiger partial charge in [-0.3, -0.25) is 9.59 Å². The van der Waals surface area contributed by atoms with Crippen LogP contribution in [0, 0.1) is 11.8 Å². The fourth-order valence-electron chi connectivity index (χ4n) is 1.42. The first-order valence-electron chi connectivity index (χ1n) is 5.45. The van der Waals surface area contributed by atoms with E-state index in [-0.39, 0.29) is 5.12 Å². The number of thioether (sulfide) groups is 1. The minimum Gasteiger partial charge on any atom is -0.493 e. The number of hydrogen-bond donors (Lipinski definition) is 0. The van der Waals surface area contributed by atoms with Gasteiger partial charge in [0, 0.05) is 12.5 Å². The van der Waals surface area contributed by atoms with Crippen LogP contribution in [0.2, 0.25) is 0 Å². The Morgan fingerprint density at radius 3 is 2.63 bits per heavy atom. The molecule has 1 aromatic rings. The van der Waals surface area contributed by atoms with Gasteiger partial charge in [-0.25, -0.2) is 0 Å². The smallest absolute Gasteiger partial charge is 0.186 e. The van der Waals surface area contributed by atoms with Gasteiger partial charge >= 0.3 is 0 Å². The molecule has 0 aliphatic rings. The molecule has 0 aromatic heterocycles. The molecule has 5 heteroatoms. The first-order valence-corrected chi connectivity index (χ1v) is 6.44. The molecule has 0 aliphatic heterocycles. The fraction of sp³-hybridized carbons (Fsp3) is 0.286. The van der Waals surface area contributed by atoms with Crippen LogP contribution in [0.3, 0.4) is 0 Å². The van der Waals surface area contributed by atoms with Crippen LogP contribution in [0.1, 0.15) is 22.8 Å². The van der Waals surface area contributed by atoms with Crippen LogP contribution in [-0.4, -0.2) is 31.4 Å². The molecule has 0 unspecified atom stereocenters. The Kier molecular flexibility index (Phi) is 5.97. The third-order valence-electron chi connectivity index (χ3n) is 2.21. The standard InChI is InChI=1S/C14H14O4S/c1-10(16)19-6-4-5-12-7-11(9-15)8-13(17-2)14(12)18-3/h7-9H,6H2,1-3H3. The second kappa shape index (κ2) is 7.49. The van der Waals surface area contributed by atoms with Gasteiger partial charge in [-0.15, -0.1) is 0 Å². The zero-order valence-electron chi connectivity index (χ0n) is 11.0. The topological polar surface area (TPSA) is 52.6 Å². The maximum atomic E-state index is 10.9. The van der Waals surface area contributed by atoms with Crippen molar-refractivity contribution >= 4 is 23.2 Å². The van der Waals surface area contributed by atoms with Crippen molar-refractivity contribution in [2.45, 2.75) is 6.92 Å². The van der Waals surface area contributed by atoms with Gasteiger partial charge in [-0.2, -0.15) is 0 Å². The Morgan fingerprint density at radius 2 is 2.11 bits per heavy atom. The number of methoxy groups -OCH3 is 2. The molecule has 100 valence electrons. The molecule has 1 rings (SSSR count). The van der Waals surface area contributed by atoms with E-state index in [1.54, 1.807) is 12.1 Å². The Morgan fingerprint density at radius 1 is 1.37 bits per heavy atom. The van der Waals surface area contributed by atoms with E-state index < -0.39 is 0 Å². The molecule has 19 heavy (non-hydrogen) atoms. The molecular formula is C14H14O4S. The number of carbonyl (C=O) groups excluding carboxylic acids is 2. The van der Waals surface area contributed by atoms with Gasteiger partial charge in [0.25, 0.3) is 0 Å². The predicted octanol–water partition coefficient (Wildman–Crippen LogP) is 2.15. The van der Waals surface area contributed by atoms with Crippen molar-refractivity contribution in [3.8, 4) is 23.3 Å². The van der Waals surface area contributed by atoms with Crippen molar-refractivity contribution in [2.75, 3.05) is 20.0 Å². The summed E-state index contributed by atoms with van der Waals surface area (Å²) in [6, 6.07) is 3.21. The van der Waals surface area contributed by atoms with Crippen molar-refractivity contribution in [1.29, 1.82) is 0 Å². The third kappa shape index (κ3) is 4.34. The van der Waals surface area contributed by atoms with Crippen molar-refractivity contribution in [1.82, 2.24) is 0 Å². The monoisotopic (exact) mass is 278 g/mol. The molecule has 1 aromatic carbocycles. The second-order valence-electron chi connectivity index (χ2n) is 3.50. The molecule has 4 nitrogen and oxygen atoms in total. The van der Waals surface area contributed by atoms with E-state index in [2.05, 4.69) is 11.8 Å². The van der Waals surface area contributed by atoms with Crippen LogP contribution in [0.15, 0.2) is 12.1 Å².